The molecule has 2 saturated carbocycles. The highest BCUT2D eigenvalue weighted by molar-refractivity contribution is 5.79. The number of hydrogen-bond donors (Lipinski definition) is 2. The molecule has 0 saturated heterocycles. The van der Waals surface area contributed by atoms with Gasteiger partial charge in [-0.15, -0.1) is 0 Å². The third-order valence-corrected chi connectivity index (χ3v) is 4.59. The van der Waals surface area contributed by atoms with Crippen LogP contribution in [0, 0.1) is 22.7 Å². The molecular weight excluding hydrogens is 220 g/mol. The molecular formula is C13H20O4. The monoisotopic (exact) mass is 240 g/mol. The molecule has 2 aliphatic carbocycles. The third kappa shape index (κ3) is 1.94. The summed E-state index contributed by atoms with van der Waals surface area (Å²) in [4.78, 5) is 22.9. The fourth-order valence-corrected chi connectivity index (χ4v) is 4.21. The first-order valence-corrected chi connectivity index (χ1v) is 6.24. The van der Waals surface area contributed by atoms with Gasteiger partial charge in [-0.1, -0.05) is 6.92 Å². The van der Waals surface area contributed by atoms with Crippen LogP contribution in [0.15, 0.2) is 0 Å². The van der Waals surface area contributed by atoms with Gasteiger partial charge in [0.2, 0.25) is 0 Å². The van der Waals surface area contributed by atoms with E-state index in [0.717, 1.165) is 6.42 Å². The molecule has 2 fully saturated rings. The van der Waals surface area contributed by atoms with Gasteiger partial charge in [-0.3, -0.25) is 9.59 Å². The van der Waals surface area contributed by atoms with Gasteiger partial charge in [0.1, 0.15) is 0 Å². The van der Waals surface area contributed by atoms with Crippen molar-refractivity contribution in [2.45, 2.75) is 46.0 Å². The van der Waals surface area contributed by atoms with E-state index in [-0.39, 0.29) is 12.3 Å². The standard InChI is InChI=1S/C13H20O4/c1-8-3-9-5-12(2,10(14)15)7-13(4-8,6-9)11(16)17/h8-9H,3-7H2,1-2H3,(H,14,15)(H,16,17). The minimum atomic E-state index is -0.860. The Kier molecular flexibility index (Phi) is 2.71. The fourth-order valence-electron chi connectivity index (χ4n) is 4.21. The molecule has 0 spiro atoms. The number of carboxylic acids is 2. The summed E-state index contributed by atoms with van der Waals surface area (Å²) in [5.74, 6) is -1.00. The maximum atomic E-state index is 11.5. The number of fused-ring (bicyclic) bond motifs is 2. The molecule has 2 aliphatic rings. The van der Waals surface area contributed by atoms with Crippen LogP contribution in [0.5, 0.6) is 0 Å². The Morgan fingerprint density at radius 2 is 1.76 bits per heavy atom. The van der Waals surface area contributed by atoms with E-state index in [4.69, 9.17) is 0 Å². The summed E-state index contributed by atoms with van der Waals surface area (Å²) in [5.41, 5.74) is -1.66. The quantitative estimate of drug-likeness (QED) is 0.777. The summed E-state index contributed by atoms with van der Waals surface area (Å²) in [6.45, 7) is 3.78. The number of carboxylic acid groups (broad SMARTS) is 2. The lowest BCUT2D eigenvalue weighted by atomic mass is 9.52. The SMILES string of the molecule is CC1CC2CC(C)(C(=O)O)CC(C(=O)O)(C1)C2. The third-order valence-electron chi connectivity index (χ3n) is 4.59. The van der Waals surface area contributed by atoms with E-state index in [9.17, 15) is 19.8 Å². The van der Waals surface area contributed by atoms with Gasteiger partial charge >= 0.3 is 11.9 Å². The lowest BCUT2D eigenvalue weighted by Crippen LogP contribution is -2.50. The molecule has 0 aliphatic heterocycles. The Bertz CT molecular complexity index is 358. The van der Waals surface area contributed by atoms with Crippen LogP contribution in [-0.4, -0.2) is 22.2 Å². The smallest absolute Gasteiger partial charge is 0.309 e. The molecule has 2 N–H and O–H groups in total. The van der Waals surface area contributed by atoms with Crippen LogP contribution in [0.2, 0.25) is 0 Å². The Balaban J connectivity index is 2.35. The maximum Gasteiger partial charge on any atom is 0.309 e. The van der Waals surface area contributed by atoms with Gasteiger partial charge in [0.05, 0.1) is 10.8 Å². The van der Waals surface area contributed by atoms with Crippen LogP contribution >= 0.6 is 0 Å². The van der Waals surface area contributed by atoms with Crippen molar-refractivity contribution in [1.82, 2.24) is 0 Å². The first-order chi connectivity index (χ1) is 7.77. The molecule has 0 aromatic carbocycles. The van der Waals surface area contributed by atoms with Gasteiger partial charge in [0.15, 0.2) is 0 Å². The lowest BCUT2D eigenvalue weighted by Gasteiger charge is -2.50. The summed E-state index contributed by atoms with van der Waals surface area (Å²) in [6.07, 6.45) is 3.17. The zero-order valence-electron chi connectivity index (χ0n) is 10.4. The van der Waals surface area contributed by atoms with E-state index in [1.54, 1.807) is 6.92 Å². The first kappa shape index (κ1) is 12.4. The van der Waals surface area contributed by atoms with E-state index in [0.29, 0.717) is 25.2 Å². The second kappa shape index (κ2) is 3.72. The van der Waals surface area contributed by atoms with Crippen molar-refractivity contribution in [2.24, 2.45) is 22.7 Å². The molecule has 4 nitrogen and oxygen atoms in total. The van der Waals surface area contributed by atoms with Gasteiger partial charge in [0, 0.05) is 0 Å². The molecule has 2 bridgehead atoms. The maximum absolute atomic E-state index is 11.5. The average molecular weight is 240 g/mol. The summed E-state index contributed by atoms with van der Waals surface area (Å²) in [5, 5.41) is 18.8. The van der Waals surface area contributed by atoms with Crippen molar-refractivity contribution in [3.8, 4) is 0 Å². The van der Waals surface area contributed by atoms with E-state index < -0.39 is 22.8 Å². The van der Waals surface area contributed by atoms with Crippen LogP contribution < -0.4 is 0 Å². The van der Waals surface area contributed by atoms with Gasteiger partial charge in [-0.2, -0.15) is 0 Å². The Labute approximate surface area is 101 Å². The van der Waals surface area contributed by atoms with Crippen LogP contribution in [0.1, 0.15) is 46.0 Å². The molecule has 0 aromatic rings. The molecule has 4 heteroatoms. The minimum Gasteiger partial charge on any atom is -0.481 e. The van der Waals surface area contributed by atoms with Crippen LogP contribution in [0.3, 0.4) is 0 Å². The van der Waals surface area contributed by atoms with Gasteiger partial charge in [-0.25, -0.2) is 0 Å². The van der Waals surface area contributed by atoms with E-state index >= 15 is 0 Å². The zero-order chi connectivity index (χ0) is 12.8. The molecule has 0 aromatic heterocycles. The van der Waals surface area contributed by atoms with Crippen molar-refractivity contribution in [2.75, 3.05) is 0 Å². The van der Waals surface area contributed by atoms with E-state index in [2.05, 4.69) is 6.92 Å². The van der Waals surface area contributed by atoms with Crippen molar-refractivity contribution in [3.05, 3.63) is 0 Å². The van der Waals surface area contributed by atoms with Gasteiger partial charge in [-0.05, 0) is 50.9 Å². The summed E-state index contributed by atoms with van der Waals surface area (Å²) < 4.78 is 0. The number of carbonyl (C=O) groups is 2. The van der Waals surface area contributed by atoms with Crippen molar-refractivity contribution < 1.29 is 19.8 Å². The fraction of sp³-hybridized carbons (Fsp3) is 0.846. The Morgan fingerprint density at radius 1 is 1.12 bits per heavy atom. The van der Waals surface area contributed by atoms with Crippen molar-refractivity contribution >= 4 is 11.9 Å². The van der Waals surface area contributed by atoms with Crippen LogP contribution in [-0.2, 0) is 9.59 Å². The van der Waals surface area contributed by atoms with E-state index in [1.807, 2.05) is 0 Å². The summed E-state index contributed by atoms with van der Waals surface area (Å²) in [7, 11) is 0. The minimum absolute atomic E-state index is 0.254. The normalized spacial score (nSPS) is 45.3. The van der Waals surface area contributed by atoms with Gasteiger partial charge < -0.3 is 10.2 Å². The molecule has 17 heavy (non-hydrogen) atoms. The highest BCUT2D eigenvalue weighted by Gasteiger charge is 2.56. The van der Waals surface area contributed by atoms with Crippen molar-refractivity contribution in [1.29, 1.82) is 0 Å². The average Bonchev–Trinajstić information content (AvgIpc) is 2.14. The van der Waals surface area contributed by atoms with E-state index in [1.165, 1.54) is 0 Å². The molecule has 4 unspecified atom stereocenters. The van der Waals surface area contributed by atoms with Gasteiger partial charge in [0.25, 0.3) is 0 Å². The predicted octanol–water partition coefficient (Wildman–Crippen LogP) is 2.38. The first-order valence-electron chi connectivity index (χ1n) is 6.24. The number of rotatable bonds is 2. The summed E-state index contributed by atoms with van der Waals surface area (Å²) >= 11 is 0. The van der Waals surface area contributed by atoms with Crippen molar-refractivity contribution in [3.63, 3.8) is 0 Å². The molecule has 0 heterocycles. The number of aliphatic carboxylic acids is 2. The second-order valence-corrected chi connectivity index (χ2v) is 6.45. The van der Waals surface area contributed by atoms with Crippen LogP contribution in [0.4, 0.5) is 0 Å². The van der Waals surface area contributed by atoms with Crippen LogP contribution in [0.25, 0.3) is 0 Å². The highest BCUT2D eigenvalue weighted by atomic mass is 16.4. The summed E-state index contributed by atoms with van der Waals surface area (Å²) in [6, 6.07) is 0. The lowest BCUT2D eigenvalue weighted by molar-refractivity contribution is -0.170. The highest BCUT2D eigenvalue weighted by Crippen LogP contribution is 2.57. The Morgan fingerprint density at radius 3 is 2.29 bits per heavy atom. The number of hydrogen-bond acceptors (Lipinski definition) is 2. The predicted molar refractivity (Wildman–Crippen MR) is 61.6 cm³/mol. The zero-order valence-corrected chi connectivity index (χ0v) is 10.4. The molecule has 0 amide bonds. The molecule has 4 atom stereocenters. The molecule has 96 valence electrons. The second-order valence-electron chi connectivity index (χ2n) is 6.45. The molecule has 2 rings (SSSR count). The Hall–Kier alpha value is -1.06. The topological polar surface area (TPSA) is 74.6 Å². The largest absolute Gasteiger partial charge is 0.481 e. The molecule has 0 radical (unpaired) electrons.